The van der Waals surface area contributed by atoms with Gasteiger partial charge in [-0.3, -0.25) is 4.99 Å². The molecule has 0 aliphatic rings. The second-order valence-electron chi connectivity index (χ2n) is 5.91. The van der Waals surface area contributed by atoms with Gasteiger partial charge in [0.2, 0.25) is 0 Å². The molecule has 23 heavy (non-hydrogen) atoms. The molecular formula is C19H28N4. The average Bonchev–Trinajstić information content (AvgIpc) is 2.97. The molecule has 0 amide bonds. The molecule has 1 unspecified atom stereocenters. The smallest absolute Gasteiger partial charge is 0.193 e. The molecule has 1 atom stereocenters. The summed E-state index contributed by atoms with van der Waals surface area (Å²) in [6.07, 6.45) is 3.18. The van der Waals surface area contributed by atoms with E-state index >= 15 is 0 Å². The van der Waals surface area contributed by atoms with Crippen molar-refractivity contribution in [1.29, 1.82) is 0 Å². The molecule has 2 rings (SSSR count). The van der Waals surface area contributed by atoms with E-state index < -0.39 is 0 Å². The lowest BCUT2D eigenvalue weighted by Gasteiger charge is -2.24. The summed E-state index contributed by atoms with van der Waals surface area (Å²) < 4.78 is 2.14. The van der Waals surface area contributed by atoms with E-state index in [1.807, 2.05) is 7.05 Å². The van der Waals surface area contributed by atoms with E-state index in [2.05, 4.69) is 89.5 Å². The van der Waals surface area contributed by atoms with Crippen molar-refractivity contribution in [3.05, 3.63) is 59.9 Å². The van der Waals surface area contributed by atoms with Gasteiger partial charge in [0.1, 0.15) is 0 Å². The zero-order chi connectivity index (χ0) is 16.7. The largest absolute Gasteiger partial charge is 0.356 e. The molecule has 0 radical (unpaired) electrons. The highest BCUT2D eigenvalue weighted by atomic mass is 15.3. The Bertz CT molecular complexity index is 615. The highest BCUT2D eigenvalue weighted by Crippen LogP contribution is 2.18. The molecule has 0 saturated heterocycles. The maximum Gasteiger partial charge on any atom is 0.193 e. The van der Waals surface area contributed by atoms with Crippen LogP contribution >= 0.6 is 0 Å². The van der Waals surface area contributed by atoms with Gasteiger partial charge in [-0.2, -0.15) is 0 Å². The van der Waals surface area contributed by atoms with Crippen molar-refractivity contribution < 1.29 is 0 Å². The highest BCUT2D eigenvalue weighted by Gasteiger charge is 2.12. The van der Waals surface area contributed by atoms with Gasteiger partial charge in [-0.05, 0) is 24.1 Å². The maximum absolute atomic E-state index is 4.42. The van der Waals surface area contributed by atoms with Crippen molar-refractivity contribution in [3.8, 4) is 0 Å². The van der Waals surface area contributed by atoms with Crippen LogP contribution in [0.15, 0.2) is 53.7 Å². The first kappa shape index (κ1) is 17.1. The number of benzene rings is 1. The lowest BCUT2D eigenvalue weighted by atomic mass is 9.97. The normalized spacial score (nSPS) is 13.0. The lowest BCUT2D eigenvalue weighted by molar-refractivity contribution is 0.457. The summed E-state index contributed by atoms with van der Waals surface area (Å²) in [5.74, 6) is 1.43. The molecular weight excluding hydrogens is 284 g/mol. The monoisotopic (exact) mass is 312 g/mol. The zero-order valence-corrected chi connectivity index (χ0v) is 14.7. The van der Waals surface area contributed by atoms with Crippen LogP contribution < -0.4 is 5.32 Å². The van der Waals surface area contributed by atoms with E-state index in [1.54, 1.807) is 0 Å². The molecule has 0 aliphatic carbocycles. The molecule has 4 nitrogen and oxygen atoms in total. The first-order valence-corrected chi connectivity index (χ1v) is 8.22. The zero-order valence-electron chi connectivity index (χ0n) is 14.7. The molecule has 0 fully saturated rings. The lowest BCUT2D eigenvalue weighted by Crippen LogP contribution is -2.40. The van der Waals surface area contributed by atoms with Gasteiger partial charge in [0, 0.05) is 45.5 Å². The molecule has 1 heterocycles. The van der Waals surface area contributed by atoms with E-state index in [-0.39, 0.29) is 0 Å². The van der Waals surface area contributed by atoms with Gasteiger partial charge >= 0.3 is 0 Å². The molecule has 0 bridgehead atoms. The minimum atomic E-state index is 0.497. The van der Waals surface area contributed by atoms with Crippen LogP contribution in [0.4, 0.5) is 0 Å². The van der Waals surface area contributed by atoms with Crippen LogP contribution in [0.2, 0.25) is 0 Å². The van der Waals surface area contributed by atoms with Gasteiger partial charge < -0.3 is 14.8 Å². The Balaban J connectivity index is 1.95. The summed E-state index contributed by atoms with van der Waals surface area (Å²) in [5.41, 5.74) is 2.65. The number of nitrogens with one attached hydrogen (secondary N) is 1. The number of nitrogens with zero attached hydrogens (tertiary/aromatic N) is 3. The standard InChI is InChI=1S/C19H28N4/c1-5-16(17-10-7-6-8-11-17)14-21-19(20-2)23(4)15-18-12-9-13-22(18)3/h6-13,16H,5,14-15H2,1-4H3,(H,20,21). The number of aromatic nitrogens is 1. The van der Waals surface area contributed by atoms with Gasteiger partial charge in [0.05, 0.1) is 6.54 Å². The molecule has 4 heteroatoms. The van der Waals surface area contributed by atoms with Gasteiger partial charge in [0.15, 0.2) is 5.96 Å². The summed E-state index contributed by atoms with van der Waals surface area (Å²) in [6.45, 7) is 3.96. The Hall–Kier alpha value is -2.23. The predicted octanol–water partition coefficient (Wildman–Crippen LogP) is 3.23. The van der Waals surface area contributed by atoms with Gasteiger partial charge in [-0.1, -0.05) is 37.3 Å². The van der Waals surface area contributed by atoms with Crippen molar-refractivity contribution in [2.45, 2.75) is 25.8 Å². The summed E-state index contributed by atoms with van der Waals surface area (Å²) >= 11 is 0. The Morgan fingerprint density at radius 2 is 1.96 bits per heavy atom. The van der Waals surface area contributed by atoms with Crippen LogP contribution in [-0.4, -0.2) is 36.1 Å². The number of rotatable bonds is 6. The molecule has 2 aromatic rings. The van der Waals surface area contributed by atoms with Crippen molar-refractivity contribution in [3.63, 3.8) is 0 Å². The Labute approximate surface area is 139 Å². The minimum absolute atomic E-state index is 0.497. The highest BCUT2D eigenvalue weighted by molar-refractivity contribution is 5.79. The van der Waals surface area contributed by atoms with Crippen LogP contribution in [0, 0.1) is 0 Å². The summed E-state index contributed by atoms with van der Waals surface area (Å²) in [5, 5.41) is 3.52. The van der Waals surface area contributed by atoms with Gasteiger partial charge in [-0.15, -0.1) is 0 Å². The quantitative estimate of drug-likeness (QED) is 0.656. The average molecular weight is 312 g/mol. The molecule has 1 aromatic carbocycles. The fourth-order valence-corrected chi connectivity index (χ4v) is 2.80. The maximum atomic E-state index is 4.42. The van der Waals surface area contributed by atoms with Crippen molar-refractivity contribution >= 4 is 5.96 Å². The topological polar surface area (TPSA) is 32.6 Å². The van der Waals surface area contributed by atoms with E-state index in [0.717, 1.165) is 25.5 Å². The Morgan fingerprint density at radius 3 is 2.52 bits per heavy atom. The van der Waals surface area contributed by atoms with Crippen LogP contribution in [0.1, 0.15) is 30.5 Å². The summed E-state index contributed by atoms with van der Waals surface area (Å²) in [7, 11) is 5.99. The van der Waals surface area contributed by atoms with E-state index in [4.69, 9.17) is 0 Å². The predicted molar refractivity (Wildman–Crippen MR) is 97.7 cm³/mol. The Morgan fingerprint density at radius 1 is 1.22 bits per heavy atom. The number of hydrogen-bond acceptors (Lipinski definition) is 1. The van der Waals surface area contributed by atoms with Gasteiger partial charge in [-0.25, -0.2) is 0 Å². The molecule has 0 aliphatic heterocycles. The second kappa shape index (κ2) is 8.42. The summed E-state index contributed by atoms with van der Waals surface area (Å²) in [4.78, 5) is 6.58. The van der Waals surface area contributed by atoms with Crippen LogP contribution in [0.25, 0.3) is 0 Å². The third kappa shape index (κ3) is 4.62. The van der Waals surface area contributed by atoms with Crippen LogP contribution in [0.5, 0.6) is 0 Å². The third-order valence-corrected chi connectivity index (χ3v) is 4.29. The van der Waals surface area contributed by atoms with E-state index in [1.165, 1.54) is 11.3 Å². The van der Waals surface area contributed by atoms with E-state index in [9.17, 15) is 0 Å². The van der Waals surface area contributed by atoms with Crippen molar-refractivity contribution in [2.24, 2.45) is 12.0 Å². The first-order valence-electron chi connectivity index (χ1n) is 8.22. The SMILES string of the molecule is CCC(CNC(=NC)N(C)Cc1cccn1C)c1ccccc1. The number of aryl methyl sites for hydroxylation is 1. The summed E-state index contributed by atoms with van der Waals surface area (Å²) in [6, 6.07) is 14.9. The fourth-order valence-electron chi connectivity index (χ4n) is 2.80. The van der Waals surface area contributed by atoms with Crippen LogP contribution in [0.3, 0.4) is 0 Å². The molecule has 0 spiro atoms. The first-order chi connectivity index (χ1) is 11.2. The van der Waals surface area contributed by atoms with Crippen LogP contribution in [-0.2, 0) is 13.6 Å². The fraction of sp³-hybridized carbons (Fsp3) is 0.421. The third-order valence-electron chi connectivity index (χ3n) is 4.29. The minimum Gasteiger partial charge on any atom is -0.356 e. The number of aliphatic imine (C=N–C) groups is 1. The molecule has 0 saturated carbocycles. The Kier molecular flexibility index (Phi) is 6.27. The van der Waals surface area contributed by atoms with E-state index in [0.29, 0.717) is 5.92 Å². The molecule has 1 N–H and O–H groups in total. The number of guanidine groups is 1. The van der Waals surface area contributed by atoms with Crippen molar-refractivity contribution in [2.75, 3.05) is 20.6 Å². The van der Waals surface area contributed by atoms with Crippen molar-refractivity contribution in [1.82, 2.24) is 14.8 Å². The van der Waals surface area contributed by atoms with Gasteiger partial charge in [0.25, 0.3) is 0 Å². The molecule has 124 valence electrons. The number of hydrogen-bond donors (Lipinski definition) is 1. The second-order valence-corrected chi connectivity index (χ2v) is 5.91. The molecule has 1 aromatic heterocycles.